The number of nitrogens with two attached hydrogens (primary N) is 1. The summed E-state index contributed by atoms with van der Waals surface area (Å²) in [5, 5.41) is 19.0. The van der Waals surface area contributed by atoms with E-state index in [0.717, 1.165) is 50.7 Å². The minimum absolute atomic E-state index is 0.174. The molecule has 4 N–H and O–H groups in total. The van der Waals surface area contributed by atoms with Crippen molar-refractivity contribution in [2.45, 2.75) is 76.4 Å². The van der Waals surface area contributed by atoms with Gasteiger partial charge >= 0.3 is 0 Å². The number of hydrogen-bond donors (Lipinski definition) is 3. The molecule has 1 aromatic carbocycles. The van der Waals surface area contributed by atoms with Crippen molar-refractivity contribution in [2.24, 2.45) is 5.73 Å². The molecule has 1 fully saturated rings. The molecule has 2 aromatic rings. The van der Waals surface area contributed by atoms with Crippen LogP contribution in [0.1, 0.15) is 64.5 Å². The van der Waals surface area contributed by atoms with Gasteiger partial charge in [0.15, 0.2) is 0 Å². The molecule has 6 heteroatoms. The average molecular weight is 481 g/mol. The average Bonchev–Trinajstić information content (AvgIpc) is 2.86. The number of nitrogens with zero attached hydrogens (tertiary/aromatic N) is 3. The van der Waals surface area contributed by atoms with Gasteiger partial charge in [-0.05, 0) is 72.4 Å². The molecule has 2 heterocycles. The number of aliphatic hydroxyl groups is 2. The number of rotatable bonds is 8. The maximum Gasteiger partial charge on any atom is 0.129 e. The Kier molecular flexibility index (Phi) is 7.86. The molecule has 1 aliphatic heterocycles. The summed E-state index contributed by atoms with van der Waals surface area (Å²) in [5.74, 6) is 1.05. The van der Waals surface area contributed by atoms with Gasteiger partial charge in [-0.1, -0.05) is 45.9 Å². The highest BCUT2D eigenvalue weighted by Gasteiger charge is 2.37. The molecule has 4 rings (SSSR count). The zero-order valence-electron chi connectivity index (χ0n) is 22.0. The van der Waals surface area contributed by atoms with E-state index in [4.69, 9.17) is 15.8 Å². The third-order valence-electron chi connectivity index (χ3n) is 8.26. The van der Waals surface area contributed by atoms with Gasteiger partial charge in [-0.25, -0.2) is 4.98 Å². The molecule has 1 saturated heterocycles. The molecule has 0 bridgehead atoms. The molecular formula is C29H44N4O2. The molecule has 0 saturated carbocycles. The van der Waals surface area contributed by atoms with Gasteiger partial charge in [-0.2, -0.15) is 0 Å². The van der Waals surface area contributed by atoms with Crippen LogP contribution in [0.3, 0.4) is 0 Å². The Morgan fingerprint density at radius 1 is 0.971 bits per heavy atom. The molecule has 0 radical (unpaired) electrons. The van der Waals surface area contributed by atoms with Gasteiger partial charge in [-0.3, -0.25) is 4.90 Å². The first kappa shape index (κ1) is 26.1. The summed E-state index contributed by atoms with van der Waals surface area (Å²) in [5.41, 5.74) is 11.3. The second kappa shape index (κ2) is 10.6. The summed E-state index contributed by atoms with van der Waals surface area (Å²) < 4.78 is 0. The lowest BCUT2D eigenvalue weighted by Crippen LogP contribution is -2.47. The Balaban J connectivity index is 1.40. The number of aliphatic hydroxyl groups excluding tert-OH is 2. The Hall–Kier alpha value is -1.99. The third-order valence-corrected chi connectivity index (χ3v) is 8.26. The van der Waals surface area contributed by atoms with Crippen molar-refractivity contribution in [2.75, 3.05) is 44.2 Å². The first-order valence-electron chi connectivity index (χ1n) is 13.2. The number of piperazine rings is 1. The van der Waals surface area contributed by atoms with E-state index in [1.165, 1.54) is 29.5 Å². The molecule has 192 valence electrons. The summed E-state index contributed by atoms with van der Waals surface area (Å²) >= 11 is 0. The summed E-state index contributed by atoms with van der Waals surface area (Å²) in [7, 11) is 0. The second-order valence-electron chi connectivity index (χ2n) is 11.8. The SMILES string of the molecule is CC1(C)CCC(C)(C)c2cc(-c3cccc(N4CCN(CCC[C@@H](O)[C@@H](N)CO)CC4)n3)ccc21. The standard InChI is InChI=1S/C29H44N4O2/c1-28(2)12-13-29(3,4)23-19-21(10-11-22(23)28)25-7-5-9-27(31-25)33-17-15-32(16-18-33)14-6-8-26(35)24(30)20-34/h5,7,9-11,19,24,26,34-35H,6,8,12-18,20,30H2,1-4H3/t24-,26+/m0/s1. The zero-order valence-corrected chi connectivity index (χ0v) is 22.0. The smallest absolute Gasteiger partial charge is 0.129 e. The minimum atomic E-state index is -0.631. The van der Waals surface area contributed by atoms with Crippen molar-refractivity contribution in [3.05, 3.63) is 47.5 Å². The lowest BCUT2D eigenvalue weighted by atomic mass is 9.63. The summed E-state index contributed by atoms with van der Waals surface area (Å²) in [6.45, 7) is 14.1. The van der Waals surface area contributed by atoms with Crippen LogP contribution in [-0.4, -0.2) is 71.6 Å². The van der Waals surface area contributed by atoms with Crippen LogP contribution in [0.4, 0.5) is 5.82 Å². The lowest BCUT2D eigenvalue weighted by Gasteiger charge is -2.42. The predicted octanol–water partition coefficient (Wildman–Crippen LogP) is 3.68. The third kappa shape index (κ3) is 5.88. The molecule has 1 aromatic heterocycles. The van der Waals surface area contributed by atoms with Gasteiger partial charge in [0.2, 0.25) is 0 Å². The highest BCUT2D eigenvalue weighted by molar-refractivity contribution is 5.65. The van der Waals surface area contributed by atoms with E-state index >= 15 is 0 Å². The van der Waals surface area contributed by atoms with Crippen LogP contribution in [0, 0.1) is 0 Å². The number of pyridine rings is 1. The van der Waals surface area contributed by atoms with Crippen molar-refractivity contribution in [1.82, 2.24) is 9.88 Å². The van der Waals surface area contributed by atoms with Crippen LogP contribution in [0.2, 0.25) is 0 Å². The van der Waals surface area contributed by atoms with Crippen LogP contribution >= 0.6 is 0 Å². The highest BCUT2D eigenvalue weighted by Crippen LogP contribution is 2.46. The predicted molar refractivity (Wildman–Crippen MR) is 144 cm³/mol. The fraction of sp³-hybridized carbons (Fsp3) is 0.621. The Bertz CT molecular complexity index is 998. The fourth-order valence-corrected chi connectivity index (χ4v) is 5.57. The van der Waals surface area contributed by atoms with Crippen molar-refractivity contribution in [1.29, 1.82) is 0 Å². The maximum atomic E-state index is 9.96. The summed E-state index contributed by atoms with van der Waals surface area (Å²) in [6, 6.07) is 12.8. The van der Waals surface area contributed by atoms with Crippen LogP contribution in [0.25, 0.3) is 11.3 Å². The van der Waals surface area contributed by atoms with E-state index in [-0.39, 0.29) is 17.4 Å². The molecule has 2 aliphatic rings. The van der Waals surface area contributed by atoms with Crippen LogP contribution in [0.5, 0.6) is 0 Å². The quantitative estimate of drug-likeness (QED) is 0.534. The molecule has 0 amide bonds. The van der Waals surface area contributed by atoms with Crippen LogP contribution in [0.15, 0.2) is 36.4 Å². The normalized spacial score (nSPS) is 21.4. The van der Waals surface area contributed by atoms with E-state index in [1.54, 1.807) is 0 Å². The van der Waals surface area contributed by atoms with E-state index in [0.29, 0.717) is 6.42 Å². The Morgan fingerprint density at radius 3 is 2.34 bits per heavy atom. The molecule has 0 unspecified atom stereocenters. The van der Waals surface area contributed by atoms with Crippen LogP contribution < -0.4 is 10.6 Å². The summed E-state index contributed by atoms with van der Waals surface area (Å²) in [6.07, 6.45) is 3.31. The lowest BCUT2D eigenvalue weighted by molar-refractivity contribution is 0.0956. The minimum Gasteiger partial charge on any atom is -0.395 e. The topological polar surface area (TPSA) is 85.9 Å². The Morgan fingerprint density at radius 2 is 1.66 bits per heavy atom. The molecule has 2 atom stereocenters. The van der Waals surface area contributed by atoms with Crippen molar-refractivity contribution >= 4 is 5.82 Å². The van der Waals surface area contributed by atoms with Crippen molar-refractivity contribution in [3.8, 4) is 11.3 Å². The van der Waals surface area contributed by atoms with E-state index in [2.05, 4.69) is 73.9 Å². The van der Waals surface area contributed by atoms with E-state index in [9.17, 15) is 5.11 Å². The first-order chi connectivity index (χ1) is 16.6. The molecule has 35 heavy (non-hydrogen) atoms. The highest BCUT2D eigenvalue weighted by atomic mass is 16.3. The largest absolute Gasteiger partial charge is 0.395 e. The summed E-state index contributed by atoms with van der Waals surface area (Å²) in [4.78, 5) is 9.89. The monoisotopic (exact) mass is 480 g/mol. The van der Waals surface area contributed by atoms with Crippen molar-refractivity contribution < 1.29 is 10.2 Å². The van der Waals surface area contributed by atoms with Crippen LogP contribution in [-0.2, 0) is 10.8 Å². The number of anilines is 1. The maximum absolute atomic E-state index is 9.96. The van der Waals surface area contributed by atoms with E-state index < -0.39 is 12.1 Å². The molecular weight excluding hydrogens is 436 g/mol. The van der Waals surface area contributed by atoms with E-state index in [1.807, 2.05) is 0 Å². The molecule has 1 aliphatic carbocycles. The Labute approximate surface area is 211 Å². The van der Waals surface area contributed by atoms with Gasteiger partial charge in [0, 0.05) is 31.7 Å². The zero-order chi connectivity index (χ0) is 25.2. The van der Waals surface area contributed by atoms with Gasteiger partial charge in [0.05, 0.1) is 24.4 Å². The number of benzene rings is 1. The van der Waals surface area contributed by atoms with Gasteiger partial charge in [0.25, 0.3) is 0 Å². The number of hydrogen-bond acceptors (Lipinski definition) is 6. The first-order valence-corrected chi connectivity index (χ1v) is 13.2. The van der Waals surface area contributed by atoms with Gasteiger partial charge in [-0.15, -0.1) is 0 Å². The fourth-order valence-electron chi connectivity index (χ4n) is 5.57. The molecule has 6 nitrogen and oxygen atoms in total. The van der Waals surface area contributed by atoms with Crippen molar-refractivity contribution in [3.63, 3.8) is 0 Å². The second-order valence-corrected chi connectivity index (χ2v) is 11.8. The van der Waals surface area contributed by atoms with Gasteiger partial charge in [0.1, 0.15) is 5.82 Å². The number of aromatic nitrogens is 1. The van der Waals surface area contributed by atoms with Gasteiger partial charge < -0.3 is 20.8 Å². The number of fused-ring (bicyclic) bond motifs is 1. The molecule has 0 spiro atoms.